The van der Waals surface area contributed by atoms with Gasteiger partial charge in [0.05, 0.1) is 18.9 Å². The fraction of sp³-hybridized carbons (Fsp3) is 0.0909. The second-order valence-corrected chi connectivity index (χ2v) is 10.3. The highest BCUT2D eigenvalue weighted by atomic mass is 79.9. The lowest BCUT2D eigenvalue weighted by molar-refractivity contribution is -0.117. The SMILES string of the molecule is COc1cc(/C=N\NC(=O)/C(=C/c2ccc(N(C)C)cc2)NC(=O)c2ccccc2)ccc1OC(=O)c1ccc(Br)cc1. The smallest absolute Gasteiger partial charge is 0.343 e. The Balaban J connectivity index is 1.49. The molecule has 0 atom stereocenters. The molecular weight excluding hydrogens is 612 g/mol. The third-order valence-electron chi connectivity index (χ3n) is 6.10. The van der Waals surface area contributed by atoms with E-state index >= 15 is 0 Å². The Hall–Kier alpha value is -5.22. The van der Waals surface area contributed by atoms with Crippen molar-refractivity contribution in [2.75, 3.05) is 26.1 Å². The Morgan fingerprint density at radius 1 is 0.814 bits per heavy atom. The van der Waals surface area contributed by atoms with Crippen molar-refractivity contribution < 1.29 is 23.9 Å². The molecule has 4 aromatic rings. The number of carbonyl (C=O) groups excluding carboxylic acids is 3. The maximum atomic E-state index is 13.1. The summed E-state index contributed by atoms with van der Waals surface area (Å²) in [5.41, 5.74) is 5.53. The van der Waals surface area contributed by atoms with Gasteiger partial charge in [0.25, 0.3) is 11.8 Å². The van der Waals surface area contributed by atoms with E-state index in [1.165, 1.54) is 13.3 Å². The Morgan fingerprint density at radius 3 is 2.14 bits per heavy atom. The van der Waals surface area contributed by atoms with Crippen LogP contribution < -0.4 is 25.1 Å². The fourth-order valence-corrected chi connectivity index (χ4v) is 4.06. The highest BCUT2D eigenvalue weighted by Crippen LogP contribution is 2.28. The number of rotatable bonds is 10. The lowest BCUT2D eigenvalue weighted by Gasteiger charge is -2.13. The van der Waals surface area contributed by atoms with E-state index in [4.69, 9.17) is 9.47 Å². The molecule has 43 heavy (non-hydrogen) atoms. The molecule has 0 aliphatic rings. The van der Waals surface area contributed by atoms with E-state index in [9.17, 15) is 14.4 Å². The van der Waals surface area contributed by atoms with Crippen LogP contribution in [0, 0.1) is 0 Å². The van der Waals surface area contributed by atoms with Gasteiger partial charge in [-0.25, -0.2) is 10.2 Å². The number of nitrogens with zero attached hydrogens (tertiary/aromatic N) is 2. The number of ether oxygens (including phenoxy) is 2. The summed E-state index contributed by atoms with van der Waals surface area (Å²) < 4.78 is 11.7. The van der Waals surface area contributed by atoms with Crippen molar-refractivity contribution in [1.82, 2.24) is 10.7 Å². The highest BCUT2D eigenvalue weighted by Gasteiger charge is 2.15. The van der Waals surface area contributed by atoms with Gasteiger partial charge in [0.2, 0.25) is 0 Å². The Kier molecular flexibility index (Phi) is 10.4. The number of anilines is 1. The predicted molar refractivity (Wildman–Crippen MR) is 170 cm³/mol. The van der Waals surface area contributed by atoms with E-state index in [1.54, 1.807) is 78.9 Å². The van der Waals surface area contributed by atoms with Gasteiger partial charge in [-0.05, 0) is 83.9 Å². The molecule has 0 saturated heterocycles. The van der Waals surface area contributed by atoms with Crippen LogP contribution in [0.25, 0.3) is 6.08 Å². The third-order valence-corrected chi connectivity index (χ3v) is 6.63. The van der Waals surface area contributed by atoms with Gasteiger partial charge in [-0.2, -0.15) is 5.10 Å². The van der Waals surface area contributed by atoms with Crippen LogP contribution in [0.15, 0.2) is 112 Å². The van der Waals surface area contributed by atoms with Crippen LogP contribution in [-0.2, 0) is 4.79 Å². The normalized spacial score (nSPS) is 11.1. The predicted octanol–water partition coefficient (Wildman–Crippen LogP) is 5.66. The Bertz CT molecular complexity index is 1650. The summed E-state index contributed by atoms with van der Waals surface area (Å²) in [4.78, 5) is 40.5. The van der Waals surface area contributed by atoms with Crippen molar-refractivity contribution in [2.45, 2.75) is 0 Å². The summed E-state index contributed by atoms with van der Waals surface area (Å²) in [6.07, 6.45) is 2.98. The zero-order chi connectivity index (χ0) is 30.8. The van der Waals surface area contributed by atoms with Gasteiger partial charge in [-0.15, -0.1) is 0 Å². The van der Waals surface area contributed by atoms with Crippen LogP contribution in [0.3, 0.4) is 0 Å². The van der Waals surface area contributed by atoms with Crippen LogP contribution in [0.4, 0.5) is 5.69 Å². The fourth-order valence-electron chi connectivity index (χ4n) is 3.80. The van der Waals surface area contributed by atoms with Crippen LogP contribution in [0.2, 0.25) is 0 Å². The number of hydrazone groups is 1. The van der Waals surface area contributed by atoms with E-state index < -0.39 is 17.8 Å². The number of halogens is 1. The maximum absolute atomic E-state index is 13.1. The van der Waals surface area contributed by atoms with E-state index in [2.05, 4.69) is 31.8 Å². The molecule has 2 amide bonds. The van der Waals surface area contributed by atoms with Crippen LogP contribution in [0.5, 0.6) is 11.5 Å². The number of hydrogen-bond acceptors (Lipinski definition) is 7. The molecule has 0 saturated carbocycles. The second kappa shape index (κ2) is 14.6. The Labute approximate surface area is 258 Å². The van der Waals surface area contributed by atoms with E-state index in [1.807, 2.05) is 43.3 Å². The molecule has 10 heteroatoms. The first-order valence-corrected chi connectivity index (χ1v) is 13.9. The summed E-state index contributed by atoms with van der Waals surface area (Å²) in [6, 6.07) is 27.7. The van der Waals surface area contributed by atoms with Gasteiger partial charge in [-0.1, -0.05) is 46.3 Å². The van der Waals surface area contributed by atoms with Crippen molar-refractivity contribution in [3.8, 4) is 11.5 Å². The summed E-state index contributed by atoms with van der Waals surface area (Å²) in [7, 11) is 5.32. The molecule has 4 aromatic carbocycles. The molecule has 0 spiro atoms. The summed E-state index contributed by atoms with van der Waals surface area (Å²) in [6.45, 7) is 0. The number of carbonyl (C=O) groups is 3. The molecule has 0 unspecified atom stereocenters. The molecule has 0 fully saturated rings. The molecular formula is C33H29BrN4O5. The maximum Gasteiger partial charge on any atom is 0.343 e. The monoisotopic (exact) mass is 640 g/mol. The zero-order valence-corrected chi connectivity index (χ0v) is 25.3. The number of amides is 2. The lowest BCUT2D eigenvalue weighted by atomic mass is 10.1. The van der Waals surface area contributed by atoms with Gasteiger partial charge in [0, 0.05) is 29.8 Å². The van der Waals surface area contributed by atoms with Crippen molar-refractivity contribution in [1.29, 1.82) is 0 Å². The van der Waals surface area contributed by atoms with E-state index in [0.717, 1.165) is 10.2 Å². The molecule has 218 valence electrons. The first kappa shape index (κ1) is 30.7. The van der Waals surface area contributed by atoms with Gasteiger partial charge in [0.1, 0.15) is 5.70 Å². The summed E-state index contributed by atoms with van der Waals surface area (Å²) in [5.74, 6) is -1.06. The molecule has 2 N–H and O–H groups in total. The first-order chi connectivity index (χ1) is 20.7. The van der Waals surface area contributed by atoms with Crippen molar-refractivity contribution in [3.05, 3.63) is 129 Å². The van der Waals surface area contributed by atoms with E-state index in [0.29, 0.717) is 28.0 Å². The minimum absolute atomic E-state index is 0.0105. The van der Waals surface area contributed by atoms with E-state index in [-0.39, 0.29) is 11.4 Å². The average molecular weight is 642 g/mol. The molecule has 0 bridgehead atoms. The topological polar surface area (TPSA) is 109 Å². The quantitative estimate of drug-likeness (QED) is 0.0761. The molecule has 0 aromatic heterocycles. The van der Waals surface area contributed by atoms with Gasteiger partial charge in [0.15, 0.2) is 11.5 Å². The van der Waals surface area contributed by atoms with Crippen LogP contribution in [-0.4, -0.2) is 45.2 Å². The van der Waals surface area contributed by atoms with Crippen molar-refractivity contribution in [3.63, 3.8) is 0 Å². The highest BCUT2D eigenvalue weighted by molar-refractivity contribution is 9.10. The second-order valence-electron chi connectivity index (χ2n) is 9.37. The largest absolute Gasteiger partial charge is 0.493 e. The van der Waals surface area contributed by atoms with Crippen molar-refractivity contribution in [2.24, 2.45) is 5.10 Å². The number of methoxy groups -OCH3 is 1. The minimum atomic E-state index is -0.621. The molecule has 0 aliphatic carbocycles. The molecule has 9 nitrogen and oxygen atoms in total. The van der Waals surface area contributed by atoms with Crippen molar-refractivity contribution >= 4 is 51.7 Å². The third kappa shape index (κ3) is 8.64. The van der Waals surface area contributed by atoms with Gasteiger partial charge < -0.3 is 19.7 Å². The summed E-state index contributed by atoms with van der Waals surface area (Å²) in [5, 5.41) is 6.73. The lowest BCUT2D eigenvalue weighted by Crippen LogP contribution is -2.32. The van der Waals surface area contributed by atoms with Crippen LogP contribution in [0.1, 0.15) is 31.8 Å². The molecule has 0 heterocycles. The Morgan fingerprint density at radius 2 is 1.49 bits per heavy atom. The number of benzene rings is 4. The van der Waals surface area contributed by atoms with Gasteiger partial charge >= 0.3 is 5.97 Å². The minimum Gasteiger partial charge on any atom is -0.493 e. The number of nitrogens with one attached hydrogen (secondary N) is 2. The molecule has 0 aliphatic heterocycles. The number of hydrogen-bond donors (Lipinski definition) is 2. The van der Waals surface area contributed by atoms with Gasteiger partial charge in [-0.3, -0.25) is 9.59 Å². The standard InChI is InChI=1S/C33H29BrN4O5/c1-38(2)27-16-9-22(10-17-27)19-28(36-31(39)24-7-5-4-6-8-24)32(40)37-35-21-23-11-18-29(30(20-23)42-3)43-33(41)25-12-14-26(34)15-13-25/h4-21H,1-3H3,(H,36,39)(H,37,40)/b28-19-,35-21-. The molecule has 4 rings (SSSR count). The molecule has 0 radical (unpaired) electrons. The van der Waals surface area contributed by atoms with Crippen LogP contribution >= 0.6 is 15.9 Å². The number of esters is 1. The summed E-state index contributed by atoms with van der Waals surface area (Å²) >= 11 is 3.34. The zero-order valence-electron chi connectivity index (χ0n) is 23.7. The first-order valence-electron chi connectivity index (χ1n) is 13.1. The average Bonchev–Trinajstić information content (AvgIpc) is 3.02.